The third kappa shape index (κ3) is 5.75. The summed E-state index contributed by atoms with van der Waals surface area (Å²) in [6, 6.07) is 20.2. The number of nitrogens with one attached hydrogen (secondary N) is 2. The Balaban J connectivity index is 1.49. The zero-order chi connectivity index (χ0) is 26.3. The van der Waals surface area contributed by atoms with E-state index in [1.807, 2.05) is 60.4 Å². The monoisotopic (exact) mass is 515 g/mol. The van der Waals surface area contributed by atoms with Crippen molar-refractivity contribution < 1.29 is 14.3 Å². The zero-order valence-electron chi connectivity index (χ0n) is 22.0. The van der Waals surface area contributed by atoms with Gasteiger partial charge in [-0.3, -0.25) is 4.79 Å². The SMILES string of the molecule is CCNC(=O)OC1CCCCC1n1cnc(C(=O)N2CCNC[C@H]2Cc2ccccc2)c1-c1ccccc1. The highest BCUT2D eigenvalue weighted by Crippen LogP contribution is 2.36. The summed E-state index contributed by atoms with van der Waals surface area (Å²) in [6.07, 6.45) is 5.56. The van der Waals surface area contributed by atoms with E-state index in [0.717, 1.165) is 56.5 Å². The van der Waals surface area contributed by atoms with E-state index in [1.165, 1.54) is 5.56 Å². The lowest BCUT2D eigenvalue weighted by atomic mass is 9.91. The number of rotatable bonds is 7. The van der Waals surface area contributed by atoms with Gasteiger partial charge in [-0.05, 0) is 38.2 Å². The summed E-state index contributed by atoms with van der Waals surface area (Å²) < 4.78 is 7.94. The highest BCUT2D eigenvalue weighted by molar-refractivity contribution is 5.98. The Kier molecular flexibility index (Phi) is 8.38. The van der Waals surface area contributed by atoms with Crippen LogP contribution in [0.5, 0.6) is 0 Å². The van der Waals surface area contributed by atoms with Gasteiger partial charge in [-0.15, -0.1) is 0 Å². The summed E-state index contributed by atoms with van der Waals surface area (Å²) in [4.78, 5) is 33.2. The van der Waals surface area contributed by atoms with Crippen molar-refractivity contribution in [1.82, 2.24) is 25.1 Å². The van der Waals surface area contributed by atoms with E-state index in [-0.39, 0.29) is 24.1 Å². The van der Waals surface area contributed by atoms with Gasteiger partial charge >= 0.3 is 6.09 Å². The molecule has 0 bridgehead atoms. The molecule has 2 fully saturated rings. The fourth-order valence-corrected chi connectivity index (χ4v) is 5.74. The van der Waals surface area contributed by atoms with Gasteiger partial charge in [0.15, 0.2) is 5.69 Å². The van der Waals surface area contributed by atoms with Crippen molar-refractivity contribution >= 4 is 12.0 Å². The molecule has 2 aliphatic rings. The lowest BCUT2D eigenvalue weighted by Gasteiger charge is -2.36. The molecule has 3 atom stereocenters. The smallest absolute Gasteiger partial charge is 0.407 e. The van der Waals surface area contributed by atoms with E-state index in [1.54, 1.807) is 6.33 Å². The summed E-state index contributed by atoms with van der Waals surface area (Å²) in [6.45, 7) is 4.52. The second-order valence-corrected chi connectivity index (χ2v) is 10.1. The van der Waals surface area contributed by atoms with Crippen LogP contribution in [-0.2, 0) is 11.2 Å². The van der Waals surface area contributed by atoms with Gasteiger partial charge in [0, 0.05) is 37.8 Å². The number of nitrogens with zero attached hydrogens (tertiary/aromatic N) is 3. The number of alkyl carbamates (subject to hydrolysis) is 1. The maximum atomic E-state index is 14.2. The molecule has 2 N–H and O–H groups in total. The number of piperazine rings is 1. The van der Waals surface area contributed by atoms with Crippen LogP contribution < -0.4 is 10.6 Å². The lowest BCUT2D eigenvalue weighted by Crippen LogP contribution is -2.54. The quantitative estimate of drug-likeness (QED) is 0.486. The second kappa shape index (κ2) is 12.3. The molecule has 0 radical (unpaired) electrons. The van der Waals surface area contributed by atoms with Crippen molar-refractivity contribution in [3.63, 3.8) is 0 Å². The van der Waals surface area contributed by atoms with Crippen LogP contribution in [-0.4, -0.2) is 64.8 Å². The van der Waals surface area contributed by atoms with Crippen LogP contribution in [0.3, 0.4) is 0 Å². The largest absolute Gasteiger partial charge is 0.444 e. The third-order valence-electron chi connectivity index (χ3n) is 7.57. The van der Waals surface area contributed by atoms with Gasteiger partial charge in [0.1, 0.15) is 6.10 Å². The standard InChI is InChI=1S/C30H37N5O3/c1-2-32-30(37)38-26-16-10-9-15-25(26)35-21-33-27(28(35)23-13-7-4-8-14-23)29(36)34-18-17-31-20-24(34)19-22-11-5-3-6-12-22/h3-8,11-14,21,24-26,31H,2,9-10,15-20H2,1H3,(H,32,37)/t24-,25?,26?/m1/s1. The maximum Gasteiger partial charge on any atom is 0.407 e. The molecule has 1 aliphatic heterocycles. The first-order valence-electron chi connectivity index (χ1n) is 13.8. The molecule has 38 heavy (non-hydrogen) atoms. The van der Waals surface area contributed by atoms with E-state index < -0.39 is 6.09 Å². The molecule has 1 aliphatic carbocycles. The van der Waals surface area contributed by atoms with E-state index in [9.17, 15) is 9.59 Å². The highest BCUT2D eigenvalue weighted by atomic mass is 16.6. The topological polar surface area (TPSA) is 88.5 Å². The fraction of sp³-hybridized carbons (Fsp3) is 0.433. The van der Waals surface area contributed by atoms with E-state index >= 15 is 0 Å². The molecule has 5 rings (SSSR count). The summed E-state index contributed by atoms with van der Waals surface area (Å²) in [5, 5.41) is 6.20. The Labute approximate surface area is 224 Å². The first-order chi connectivity index (χ1) is 18.7. The first-order valence-corrected chi connectivity index (χ1v) is 13.8. The summed E-state index contributed by atoms with van der Waals surface area (Å²) in [5.41, 5.74) is 3.40. The average Bonchev–Trinajstić information content (AvgIpc) is 3.39. The van der Waals surface area contributed by atoms with Crippen molar-refractivity contribution in [1.29, 1.82) is 0 Å². The molecule has 0 spiro atoms. The minimum absolute atomic E-state index is 0.0379. The van der Waals surface area contributed by atoms with Crippen molar-refractivity contribution in [2.45, 2.75) is 57.2 Å². The number of hydrogen-bond donors (Lipinski definition) is 2. The second-order valence-electron chi connectivity index (χ2n) is 10.1. The maximum absolute atomic E-state index is 14.2. The third-order valence-corrected chi connectivity index (χ3v) is 7.57. The molecule has 1 aromatic heterocycles. The van der Waals surface area contributed by atoms with E-state index in [2.05, 4.69) is 27.3 Å². The van der Waals surface area contributed by atoms with E-state index in [0.29, 0.717) is 18.8 Å². The minimum Gasteiger partial charge on any atom is -0.444 e. The number of hydrogen-bond acceptors (Lipinski definition) is 5. The van der Waals surface area contributed by atoms with Crippen molar-refractivity contribution in [2.75, 3.05) is 26.2 Å². The van der Waals surface area contributed by atoms with Crippen LogP contribution in [0, 0.1) is 0 Å². The van der Waals surface area contributed by atoms with Crippen molar-refractivity contribution in [2.24, 2.45) is 0 Å². The molecule has 1 saturated carbocycles. The van der Waals surface area contributed by atoms with Crippen LogP contribution in [0.25, 0.3) is 11.3 Å². The van der Waals surface area contributed by atoms with Crippen molar-refractivity contribution in [3.05, 3.63) is 78.2 Å². The van der Waals surface area contributed by atoms with Gasteiger partial charge in [0.05, 0.1) is 18.1 Å². The number of carbonyl (C=O) groups is 2. The van der Waals surface area contributed by atoms with Gasteiger partial charge in [-0.2, -0.15) is 0 Å². The van der Waals surface area contributed by atoms with E-state index in [4.69, 9.17) is 9.72 Å². The van der Waals surface area contributed by atoms with Crippen LogP contribution in [0.2, 0.25) is 0 Å². The van der Waals surface area contributed by atoms with Gasteiger partial charge in [-0.25, -0.2) is 9.78 Å². The van der Waals surface area contributed by atoms with Crippen LogP contribution in [0.1, 0.15) is 54.7 Å². The molecule has 2 heterocycles. The molecule has 8 heteroatoms. The number of benzene rings is 2. The number of amides is 2. The number of ether oxygens (including phenoxy) is 1. The number of aromatic nitrogens is 2. The minimum atomic E-state index is -0.397. The molecular formula is C30H37N5O3. The Morgan fingerprint density at radius 1 is 1.05 bits per heavy atom. The molecule has 1 saturated heterocycles. The fourth-order valence-electron chi connectivity index (χ4n) is 5.74. The molecule has 200 valence electrons. The lowest BCUT2D eigenvalue weighted by molar-refractivity contribution is 0.0422. The van der Waals surface area contributed by atoms with Gasteiger partial charge in [-0.1, -0.05) is 67.1 Å². The van der Waals surface area contributed by atoms with Gasteiger partial charge < -0.3 is 24.8 Å². The zero-order valence-corrected chi connectivity index (χ0v) is 22.0. The Hall–Kier alpha value is -3.65. The van der Waals surface area contributed by atoms with Crippen molar-refractivity contribution in [3.8, 4) is 11.3 Å². The molecule has 3 aromatic rings. The molecule has 2 amide bonds. The Morgan fingerprint density at radius 3 is 2.55 bits per heavy atom. The van der Waals surface area contributed by atoms with Gasteiger partial charge in [0.2, 0.25) is 0 Å². The Morgan fingerprint density at radius 2 is 1.79 bits per heavy atom. The molecule has 2 aromatic carbocycles. The highest BCUT2D eigenvalue weighted by Gasteiger charge is 2.35. The normalized spacial score (nSPS) is 21.6. The van der Waals surface area contributed by atoms with Crippen LogP contribution >= 0.6 is 0 Å². The Bertz CT molecular complexity index is 1210. The summed E-state index contributed by atoms with van der Waals surface area (Å²) in [7, 11) is 0. The average molecular weight is 516 g/mol. The van der Waals surface area contributed by atoms with Crippen LogP contribution in [0.15, 0.2) is 67.0 Å². The summed E-state index contributed by atoms with van der Waals surface area (Å²) in [5.74, 6) is -0.0537. The number of imidazole rings is 1. The summed E-state index contributed by atoms with van der Waals surface area (Å²) >= 11 is 0. The first kappa shape index (κ1) is 26.0. The predicted molar refractivity (Wildman–Crippen MR) is 147 cm³/mol. The molecule has 8 nitrogen and oxygen atoms in total. The predicted octanol–water partition coefficient (Wildman–Crippen LogP) is 4.44. The molecule has 2 unspecified atom stereocenters. The number of carbonyl (C=O) groups excluding carboxylic acids is 2. The molecular weight excluding hydrogens is 478 g/mol. The van der Waals surface area contributed by atoms with Gasteiger partial charge in [0.25, 0.3) is 5.91 Å². The van der Waals surface area contributed by atoms with Crippen LogP contribution in [0.4, 0.5) is 4.79 Å².